The molecule has 0 spiro atoms. The summed E-state index contributed by atoms with van der Waals surface area (Å²) in [6.45, 7) is 6.45. The van der Waals surface area contributed by atoms with Gasteiger partial charge in [-0.2, -0.15) is 0 Å². The first-order valence-corrected chi connectivity index (χ1v) is 9.30. The van der Waals surface area contributed by atoms with Crippen LogP contribution in [0.25, 0.3) is 11.1 Å². The van der Waals surface area contributed by atoms with Crippen LogP contribution in [0.15, 0.2) is 28.7 Å². The summed E-state index contributed by atoms with van der Waals surface area (Å²) < 4.78 is 5.92. The van der Waals surface area contributed by atoms with Gasteiger partial charge in [0.1, 0.15) is 11.2 Å². The van der Waals surface area contributed by atoms with Crippen LogP contribution in [0.1, 0.15) is 63.7 Å². The van der Waals surface area contributed by atoms with Crippen molar-refractivity contribution in [3.63, 3.8) is 0 Å². The molecule has 0 aliphatic carbocycles. The number of carbonyl (C=O) groups is 2. The monoisotopic (exact) mass is 365 g/mol. The minimum Gasteiger partial charge on any atom is -0.440 e. The number of amides is 1. The number of aromatic nitrogens is 2. The summed E-state index contributed by atoms with van der Waals surface area (Å²) in [4.78, 5) is 34.5. The van der Waals surface area contributed by atoms with Crippen molar-refractivity contribution in [2.45, 2.75) is 39.5 Å². The van der Waals surface area contributed by atoms with Gasteiger partial charge in [-0.25, -0.2) is 4.98 Å². The average molecular weight is 365 g/mol. The summed E-state index contributed by atoms with van der Waals surface area (Å²) in [6, 6.07) is 7.71. The molecule has 1 amide bonds. The van der Waals surface area contributed by atoms with Crippen molar-refractivity contribution in [3.05, 3.63) is 52.7 Å². The number of aryl methyl sites for hydroxylation is 1. The Labute approximate surface area is 157 Å². The maximum Gasteiger partial charge on any atom is 0.270 e. The fourth-order valence-electron chi connectivity index (χ4n) is 4.08. The molecule has 1 aromatic carbocycles. The van der Waals surface area contributed by atoms with Gasteiger partial charge in [0.05, 0.1) is 5.92 Å². The van der Waals surface area contributed by atoms with E-state index in [1.54, 1.807) is 0 Å². The van der Waals surface area contributed by atoms with Crippen LogP contribution in [0.2, 0.25) is 0 Å². The quantitative estimate of drug-likeness (QED) is 0.712. The second-order valence-corrected chi connectivity index (χ2v) is 7.29. The van der Waals surface area contributed by atoms with Crippen molar-refractivity contribution in [1.29, 1.82) is 0 Å². The highest BCUT2D eigenvalue weighted by Crippen LogP contribution is 2.30. The molecule has 1 fully saturated rings. The van der Waals surface area contributed by atoms with Crippen LogP contribution in [-0.2, 0) is 0 Å². The summed E-state index contributed by atoms with van der Waals surface area (Å²) in [5.74, 6) is 0.684. The fraction of sp³-hybridized carbons (Fsp3) is 0.381. The Morgan fingerprint density at radius 3 is 2.74 bits per heavy atom. The highest BCUT2D eigenvalue weighted by atomic mass is 16.3. The molecule has 140 valence electrons. The lowest BCUT2D eigenvalue weighted by atomic mass is 9.97. The number of benzene rings is 1. The van der Waals surface area contributed by atoms with E-state index in [2.05, 4.69) is 9.97 Å². The third-order valence-corrected chi connectivity index (χ3v) is 5.37. The summed E-state index contributed by atoms with van der Waals surface area (Å²) in [7, 11) is 0. The highest BCUT2D eigenvalue weighted by molar-refractivity contribution is 6.02. The Kier molecular flexibility index (Phi) is 4.34. The number of Topliss-reactive ketones (excluding diaryl/α,β-unsaturated/α-hetero) is 1. The Hall–Kier alpha value is -2.89. The molecule has 6 heteroatoms. The molecular weight excluding hydrogens is 342 g/mol. The highest BCUT2D eigenvalue weighted by Gasteiger charge is 2.31. The van der Waals surface area contributed by atoms with Crippen LogP contribution >= 0.6 is 0 Å². The van der Waals surface area contributed by atoms with Gasteiger partial charge in [-0.15, -0.1) is 0 Å². The fourth-order valence-corrected chi connectivity index (χ4v) is 4.08. The lowest BCUT2D eigenvalue weighted by Crippen LogP contribution is -2.39. The number of oxazole rings is 1. The average Bonchev–Trinajstić information content (AvgIpc) is 3.22. The number of likely N-dealkylation sites (tertiary alicyclic amines) is 1. The molecule has 1 aliphatic rings. The molecule has 3 heterocycles. The smallest absolute Gasteiger partial charge is 0.270 e. The first kappa shape index (κ1) is 17.5. The third kappa shape index (κ3) is 3.05. The first-order chi connectivity index (χ1) is 13.0. The number of hydrogen-bond acceptors (Lipinski definition) is 4. The van der Waals surface area contributed by atoms with Crippen molar-refractivity contribution in [2.24, 2.45) is 0 Å². The van der Waals surface area contributed by atoms with Crippen LogP contribution in [-0.4, -0.2) is 39.6 Å². The molecule has 1 atom stereocenters. The SMILES string of the molecule is CC(=O)c1c(C)[nH]c(C(=O)N2CCC[C@H](c3nc4ccccc4o3)C2)c1C. The number of para-hydroxylation sites is 2. The van der Waals surface area contributed by atoms with Gasteiger partial charge in [-0.3, -0.25) is 9.59 Å². The Morgan fingerprint density at radius 1 is 1.26 bits per heavy atom. The molecule has 0 bridgehead atoms. The van der Waals surface area contributed by atoms with Gasteiger partial charge < -0.3 is 14.3 Å². The minimum atomic E-state index is -0.0658. The molecule has 1 N–H and O–H groups in total. The van der Waals surface area contributed by atoms with Gasteiger partial charge in [0, 0.05) is 24.3 Å². The number of rotatable bonds is 3. The second-order valence-electron chi connectivity index (χ2n) is 7.29. The zero-order valence-electron chi connectivity index (χ0n) is 15.8. The second kappa shape index (κ2) is 6.68. The molecule has 0 radical (unpaired) electrons. The van der Waals surface area contributed by atoms with Crippen molar-refractivity contribution < 1.29 is 14.0 Å². The minimum absolute atomic E-state index is 0.0247. The molecular formula is C21H23N3O3. The van der Waals surface area contributed by atoms with E-state index in [0.29, 0.717) is 30.2 Å². The number of carbonyl (C=O) groups excluding carboxylic acids is 2. The number of aromatic amines is 1. The molecule has 1 aliphatic heterocycles. The third-order valence-electron chi connectivity index (χ3n) is 5.37. The Bertz CT molecular complexity index is 998. The van der Waals surface area contributed by atoms with E-state index in [1.165, 1.54) is 6.92 Å². The molecule has 1 saturated heterocycles. The lowest BCUT2D eigenvalue weighted by Gasteiger charge is -2.31. The number of ketones is 1. The number of H-pyrrole nitrogens is 1. The van der Waals surface area contributed by atoms with Crippen LogP contribution in [0.4, 0.5) is 0 Å². The molecule has 2 aromatic heterocycles. The van der Waals surface area contributed by atoms with Crippen molar-refractivity contribution in [1.82, 2.24) is 14.9 Å². The van der Waals surface area contributed by atoms with Gasteiger partial charge in [0.25, 0.3) is 5.91 Å². The van der Waals surface area contributed by atoms with E-state index in [0.717, 1.165) is 35.2 Å². The summed E-state index contributed by atoms with van der Waals surface area (Å²) in [5.41, 5.74) is 4.22. The van der Waals surface area contributed by atoms with Gasteiger partial charge in [0.2, 0.25) is 0 Å². The van der Waals surface area contributed by atoms with E-state index in [-0.39, 0.29) is 17.6 Å². The van der Waals surface area contributed by atoms with E-state index in [1.807, 2.05) is 43.0 Å². The number of fused-ring (bicyclic) bond motifs is 1. The maximum absolute atomic E-state index is 13.1. The predicted octanol–water partition coefficient (Wildman–Crippen LogP) is 4.00. The topological polar surface area (TPSA) is 79.2 Å². The van der Waals surface area contributed by atoms with E-state index >= 15 is 0 Å². The zero-order valence-corrected chi connectivity index (χ0v) is 15.8. The maximum atomic E-state index is 13.1. The summed E-state index contributed by atoms with van der Waals surface area (Å²) >= 11 is 0. The summed E-state index contributed by atoms with van der Waals surface area (Å²) in [5, 5.41) is 0. The molecule has 4 rings (SSSR count). The van der Waals surface area contributed by atoms with E-state index < -0.39 is 0 Å². The van der Waals surface area contributed by atoms with Crippen LogP contribution in [0.5, 0.6) is 0 Å². The van der Waals surface area contributed by atoms with Crippen molar-refractivity contribution in [3.8, 4) is 0 Å². The normalized spacial score (nSPS) is 17.4. The van der Waals surface area contributed by atoms with Gasteiger partial charge >= 0.3 is 0 Å². The number of piperidine rings is 1. The van der Waals surface area contributed by atoms with E-state index in [9.17, 15) is 9.59 Å². The van der Waals surface area contributed by atoms with Crippen molar-refractivity contribution >= 4 is 22.8 Å². The lowest BCUT2D eigenvalue weighted by molar-refractivity contribution is 0.0692. The van der Waals surface area contributed by atoms with Crippen LogP contribution in [0, 0.1) is 13.8 Å². The largest absolute Gasteiger partial charge is 0.440 e. The molecule has 0 saturated carbocycles. The number of nitrogens with zero attached hydrogens (tertiary/aromatic N) is 2. The van der Waals surface area contributed by atoms with Gasteiger partial charge in [-0.05, 0) is 51.3 Å². The Morgan fingerprint density at radius 2 is 2.04 bits per heavy atom. The zero-order chi connectivity index (χ0) is 19.1. The standard InChI is InChI=1S/C21H23N3O3/c1-12-18(14(3)25)13(2)22-19(12)21(26)24-10-6-7-15(11-24)20-23-16-8-4-5-9-17(16)27-20/h4-5,8-9,15,22H,6-7,10-11H2,1-3H3/t15-/m0/s1. The van der Waals surface area contributed by atoms with Crippen molar-refractivity contribution in [2.75, 3.05) is 13.1 Å². The molecule has 27 heavy (non-hydrogen) atoms. The number of nitrogens with one attached hydrogen (secondary N) is 1. The van der Waals surface area contributed by atoms with Crippen LogP contribution < -0.4 is 0 Å². The predicted molar refractivity (Wildman–Crippen MR) is 102 cm³/mol. The Balaban J connectivity index is 1.58. The van der Waals surface area contributed by atoms with Crippen LogP contribution in [0.3, 0.4) is 0 Å². The number of hydrogen-bond donors (Lipinski definition) is 1. The molecule has 6 nitrogen and oxygen atoms in total. The summed E-state index contributed by atoms with van der Waals surface area (Å²) in [6.07, 6.45) is 1.84. The molecule has 0 unspecified atom stereocenters. The first-order valence-electron chi connectivity index (χ1n) is 9.30. The van der Waals surface area contributed by atoms with Gasteiger partial charge in [0.15, 0.2) is 17.3 Å². The van der Waals surface area contributed by atoms with Gasteiger partial charge in [-0.1, -0.05) is 12.1 Å². The van der Waals surface area contributed by atoms with E-state index in [4.69, 9.17) is 4.42 Å². The molecule has 3 aromatic rings.